The minimum absolute atomic E-state index is 0.0266. The summed E-state index contributed by atoms with van der Waals surface area (Å²) in [5, 5.41) is 0. The Morgan fingerprint density at radius 1 is 0.902 bits per heavy atom. The summed E-state index contributed by atoms with van der Waals surface area (Å²) in [5.74, 6) is -0.761. The van der Waals surface area contributed by atoms with Gasteiger partial charge in [0.1, 0.15) is 12.4 Å². The molecule has 41 heavy (non-hydrogen) atoms. The van der Waals surface area contributed by atoms with Crippen molar-refractivity contribution in [3.8, 4) is 11.3 Å². The molecule has 0 N–H and O–H groups in total. The lowest BCUT2D eigenvalue weighted by Gasteiger charge is -2.32. The number of amides is 2. The van der Waals surface area contributed by atoms with Crippen LogP contribution < -0.4 is 9.80 Å². The molecule has 3 aromatic rings. The van der Waals surface area contributed by atoms with E-state index in [4.69, 9.17) is 4.74 Å². The summed E-state index contributed by atoms with van der Waals surface area (Å²) >= 11 is 0. The Bertz CT molecular complexity index is 1430. The zero-order valence-corrected chi connectivity index (χ0v) is 22.7. The van der Waals surface area contributed by atoms with Crippen LogP contribution in [0.15, 0.2) is 54.6 Å². The van der Waals surface area contributed by atoms with E-state index in [1.54, 1.807) is 18.2 Å². The second-order valence-corrected chi connectivity index (χ2v) is 10.3. The van der Waals surface area contributed by atoms with Gasteiger partial charge in [-0.1, -0.05) is 29.8 Å². The minimum Gasteiger partial charge on any atom is -0.370 e. The third-order valence-corrected chi connectivity index (χ3v) is 6.96. The van der Waals surface area contributed by atoms with Crippen LogP contribution in [-0.4, -0.2) is 43.6 Å². The molecule has 4 rings (SSSR count). The molecule has 1 aliphatic heterocycles. The first kappa shape index (κ1) is 30.0. The van der Waals surface area contributed by atoms with E-state index in [2.05, 4.69) is 4.98 Å². The van der Waals surface area contributed by atoms with Gasteiger partial charge < -0.3 is 9.64 Å². The molecule has 0 bridgehead atoms. The maximum absolute atomic E-state index is 13.8. The highest BCUT2D eigenvalue weighted by Gasteiger charge is 2.41. The van der Waals surface area contributed by atoms with Gasteiger partial charge in [0.2, 0.25) is 5.91 Å². The fraction of sp³-hybridized carbons (Fsp3) is 0.345. The summed E-state index contributed by atoms with van der Waals surface area (Å²) in [7, 11) is 1.37. The molecule has 0 aliphatic carbocycles. The summed E-state index contributed by atoms with van der Waals surface area (Å²) in [5.41, 5.74) is -3.18. The van der Waals surface area contributed by atoms with Gasteiger partial charge >= 0.3 is 12.4 Å². The van der Waals surface area contributed by atoms with E-state index in [-0.39, 0.29) is 30.8 Å². The predicted octanol–water partition coefficient (Wildman–Crippen LogP) is 6.40. The quantitative estimate of drug-likeness (QED) is 0.329. The van der Waals surface area contributed by atoms with E-state index in [9.17, 15) is 35.9 Å². The Hall–Kier alpha value is -3.93. The van der Waals surface area contributed by atoms with Gasteiger partial charge in [-0.3, -0.25) is 14.5 Å². The van der Waals surface area contributed by atoms with Crippen LogP contribution in [-0.2, 0) is 32.1 Å². The van der Waals surface area contributed by atoms with Crippen molar-refractivity contribution in [1.82, 2.24) is 4.98 Å². The van der Waals surface area contributed by atoms with Crippen LogP contribution in [0.25, 0.3) is 11.3 Å². The number of morpholine rings is 1. The van der Waals surface area contributed by atoms with Crippen molar-refractivity contribution in [2.45, 2.75) is 38.5 Å². The monoisotopic (exact) mass is 579 g/mol. The molecule has 1 saturated heterocycles. The Labute approximate surface area is 232 Å². The van der Waals surface area contributed by atoms with Gasteiger partial charge in [-0.15, -0.1) is 0 Å². The number of likely N-dealkylation sites (N-methyl/N-ethyl adjacent to an activating group) is 1. The van der Waals surface area contributed by atoms with Gasteiger partial charge in [-0.25, -0.2) is 4.98 Å². The number of rotatable bonds is 5. The van der Waals surface area contributed by atoms with Crippen molar-refractivity contribution in [3.63, 3.8) is 0 Å². The van der Waals surface area contributed by atoms with Crippen molar-refractivity contribution in [3.05, 3.63) is 76.9 Å². The molecule has 2 amide bonds. The van der Waals surface area contributed by atoms with Crippen LogP contribution in [0.5, 0.6) is 0 Å². The lowest BCUT2D eigenvalue weighted by Crippen LogP contribution is -2.43. The first-order chi connectivity index (χ1) is 19.0. The number of aromatic nitrogens is 1. The summed E-state index contributed by atoms with van der Waals surface area (Å²) in [4.78, 5) is 33.5. The number of carbonyl (C=O) groups is 2. The zero-order chi connectivity index (χ0) is 30.3. The number of aryl methyl sites for hydroxylation is 1. The number of nitrogens with zero attached hydrogens (tertiary/aromatic N) is 3. The standard InChI is InChI=1S/C29H27F6N3O3/c1-17-5-7-18(8-6-17)25-22(9-10-23(36-25)38-11-12-41-16-24(38)39)37(4)26(40)27(2,3)19-13-20(28(30,31)32)15-21(14-19)29(33,34)35/h5-10,13-15H,11-12,16H2,1-4H3. The second kappa shape index (κ2) is 10.8. The minimum atomic E-state index is -5.06. The summed E-state index contributed by atoms with van der Waals surface area (Å²) in [6, 6.07) is 11.4. The van der Waals surface area contributed by atoms with Crippen molar-refractivity contribution < 1.29 is 40.7 Å². The maximum Gasteiger partial charge on any atom is 0.416 e. The molecule has 0 unspecified atom stereocenters. The van der Waals surface area contributed by atoms with Gasteiger partial charge in [0.05, 0.1) is 41.1 Å². The number of ether oxygens (including phenoxy) is 1. The fourth-order valence-corrected chi connectivity index (χ4v) is 4.51. The molecule has 0 spiro atoms. The maximum atomic E-state index is 13.8. The van der Waals surface area contributed by atoms with Crippen molar-refractivity contribution in [1.29, 1.82) is 0 Å². The molecule has 1 aliphatic rings. The average molecular weight is 580 g/mol. The number of alkyl halides is 6. The topological polar surface area (TPSA) is 62.7 Å². The van der Waals surface area contributed by atoms with Crippen LogP contribution in [0.2, 0.25) is 0 Å². The molecule has 12 heteroatoms. The smallest absolute Gasteiger partial charge is 0.370 e. The third kappa shape index (κ3) is 6.22. The molecule has 1 aromatic heterocycles. The Morgan fingerprint density at radius 2 is 1.46 bits per heavy atom. The average Bonchev–Trinajstić information content (AvgIpc) is 2.91. The molecule has 218 valence electrons. The van der Waals surface area contributed by atoms with E-state index in [1.165, 1.54) is 31.9 Å². The zero-order valence-electron chi connectivity index (χ0n) is 22.7. The first-order valence-corrected chi connectivity index (χ1v) is 12.5. The van der Waals surface area contributed by atoms with Crippen LogP contribution in [0.3, 0.4) is 0 Å². The van der Waals surface area contributed by atoms with Crippen LogP contribution >= 0.6 is 0 Å². The van der Waals surface area contributed by atoms with Crippen LogP contribution in [0.4, 0.5) is 37.8 Å². The van der Waals surface area contributed by atoms with Crippen LogP contribution in [0.1, 0.15) is 36.1 Å². The predicted molar refractivity (Wildman–Crippen MR) is 140 cm³/mol. The highest BCUT2D eigenvalue weighted by molar-refractivity contribution is 6.03. The number of benzene rings is 2. The highest BCUT2D eigenvalue weighted by atomic mass is 19.4. The van der Waals surface area contributed by atoms with Gasteiger partial charge in [-0.05, 0) is 56.7 Å². The van der Waals surface area contributed by atoms with E-state index < -0.39 is 40.4 Å². The number of carbonyl (C=O) groups excluding carboxylic acids is 2. The highest BCUT2D eigenvalue weighted by Crippen LogP contribution is 2.40. The van der Waals surface area contributed by atoms with Crippen molar-refractivity contribution >= 4 is 23.3 Å². The third-order valence-electron chi connectivity index (χ3n) is 6.96. The van der Waals surface area contributed by atoms with Crippen molar-refractivity contribution in [2.75, 3.05) is 36.6 Å². The van der Waals surface area contributed by atoms with Gasteiger partial charge in [0.15, 0.2) is 0 Å². The van der Waals surface area contributed by atoms with Crippen LogP contribution in [0, 0.1) is 6.92 Å². The second-order valence-electron chi connectivity index (χ2n) is 10.3. The van der Waals surface area contributed by atoms with E-state index in [1.807, 2.05) is 19.1 Å². The summed E-state index contributed by atoms with van der Waals surface area (Å²) in [6.07, 6.45) is -10.1. The number of anilines is 2. The molecule has 2 heterocycles. The Balaban J connectivity index is 1.80. The molecule has 0 atom stereocenters. The largest absolute Gasteiger partial charge is 0.416 e. The molecule has 1 fully saturated rings. The molecule has 6 nitrogen and oxygen atoms in total. The number of halogens is 6. The normalized spacial score (nSPS) is 14.8. The van der Waals surface area contributed by atoms with Gasteiger partial charge in [-0.2, -0.15) is 26.3 Å². The number of pyridine rings is 1. The van der Waals surface area contributed by atoms with Gasteiger partial charge in [0.25, 0.3) is 5.91 Å². The Kier molecular flexibility index (Phi) is 7.92. The molecule has 0 saturated carbocycles. The van der Waals surface area contributed by atoms with Crippen molar-refractivity contribution in [2.24, 2.45) is 0 Å². The summed E-state index contributed by atoms with van der Waals surface area (Å²) in [6.45, 7) is 4.86. The van der Waals surface area contributed by atoms with E-state index in [0.29, 0.717) is 35.8 Å². The van der Waals surface area contributed by atoms with Gasteiger partial charge in [0, 0.05) is 12.6 Å². The number of hydrogen-bond acceptors (Lipinski definition) is 4. The lowest BCUT2D eigenvalue weighted by molar-refractivity contribution is -0.143. The number of hydrogen-bond donors (Lipinski definition) is 0. The van der Waals surface area contributed by atoms with E-state index >= 15 is 0 Å². The molecule has 2 aromatic carbocycles. The fourth-order valence-electron chi connectivity index (χ4n) is 4.51. The lowest BCUT2D eigenvalue weighted by atomic mass is 9.81. The SMILES string of the molecule is Cc1ccc(-c2nc(N3CCOCC3=O)ccc2N(C)C(=O)C(C)(C)c2cc(C(F)(F)F)cc(C(F)(F)F)c2)cc1. The molecular formula is C29H27F6N3O3. The van der Waals surface area contributed by atoms with E-state index in [0.717, 1.165) is 10.5 Å². The first-order valence-electron chi connectivity index (χ1n) is 12.5. The molecular weight excluding hydrogens is 552 g/mol. The summed E-state index contributed by atoms with van der Waals surface area (Å²) < 4.78 is 86.4. The Morgan fingerprint density at radius 3 is 2.00 bits per heavy atom. The molecule has 0 radical (unpaired) electrons.